The van der Waals surface area contributed by atoms with Crippen molar-refractivity contribution in [3.63, 3.8) is 0 Å². The lowest BCUT2D eigenvalue weighted by atomic mass is 10.2. The third kappa shape index (κ3) is 2.07. The number of halogens is 1. The lowest BCUT2D eigenvalue weighted by molar-refractivity contribution is 0.939. The van der Waals surface area contributed by atoms with Crippen LogP contribution in [0.1, 0.15) is 5.56 Å². The molecule has 0 saturated carbocycles. The Morgan fingerprint density at radius 1 is 1.20 bits per heavy atom. The van der Waals surface area contributed by atoms with E-state index < -0.39 is 0 Å². The zero-order valence-corrected chi connectivity index (χ0v) is 12.3. The minimum absolute atomic E-state index is 0.171. The molecule has 0 radical (unpaired) electrons. The van der Waals surface area contributed by atoms with Crippen molar-refractivity contribution < 1.29 is 0 Å². The lowest BCUT2D eigenvalue weighted by Crippen LogP contribution is -2.20. The molecule has 3 nitrogen and oxygen atoms in total. The highest BCUT2D eigenvalue weighted by atomic mass is 35.5. The Balaban J connectivity index is 2.43. The molecule has 3 aromatic rings. The Hall–Kier alpha value is -1.91. The predicted octanol–water partition coefficient (Wildman–Crippen LogP) is 4.01. The molecule has 5 heteroatoms. The molecule has 100 valence electrons. The van der Waals surface area contributed by atoms with Gasteiger partial charge in [0.2, 0.25) is 0 Å². The van der Waals surface area contributed by atoms with Crippen LogP contribution in [0.2, 0.25) is 5.02 Å². The average Bonchev–Trinajstić information content (AvgIpc) is 2.41. The van der Waals surface area contributed by atoms with E-state index in [2.05, 4.69) is 4.98 Å². The van der Waals surface area contributed by atoms with Gasteiger partial charge in [0.15, 0.2) is 4.77 Å². The summed E-state index contributed by atoms with van der Waals surface area (Å²) in [6, 6.07) is 12.8. The Morgan fingerprint density at radius 2 is 1.95 bits per heavy atom. The number of aromatic amines is 1. The Bertz CT molecular complexity index is 927. The first-order valence-corrected chi connectivity index (χ1v) is 6.87. The minimum atomic E-state index is -0.171. The van der Waals surface area contributed by atoms with Crippen LogP contribution in [0.5, 0.6) is 0 Å². The van der Waals surface area contributed by atoms with Crippen molar-refractivity contribution in [2.45, 2.75) is 6.92 Å². The molecule has 0 spiro atoms. The Kier molecular flexibility index (Phi) is 3.20. The van der Waals surface area contributed by atoms with Crippen LogP contribution in [0.3, 0.4) is 0 Å². The summed E-state index contributed by atoms with van der Waals surface area (Å²) in [5.74, 6) is 0. The second-order valence-electron chi connectivity index (χ2n) is 4.57. The topological polar surface area (TPSA) is 37.8 Å². The van der Waals surface area contributed by atoms with Crippen molar-refractivity contribution in [1.82, 2.24) is 9.55 Å². The van der Waals surface area contributed by atoms with Gasteiger partial charge >= 0.3 is 0 Å². The van der Waals surface area contributed by atoms with Gasteiger partial charge in [-0.15, -0.1) is 0 Å². The van der Waals surface area contributed by atoms with Crippen LogP contribution >= 0.6 is 23.8 Å². The molecule has 0 fully saturated rings. The first-order chi connectivity index (χ1) is 9.58. The summed E-state index contributed by atoms with van der Waals surface area (Å²) in [7, 11) is 0. The third-order valence-electron chi connectivity index (χ3n) is 3.15. The standard InChI is InChI=1S/C15H11ClN2OS/c1-9-6-7-13(11(16)8-9)18-14(19)10-4-2-3-5-12(10)17-15(18)20/h2-8H,1H3,(H,17,20). The molecule has 1 heterocycles. The highest BCUT2D eigenvalue weighted by molar-refractivity contribution is 7.71. The first-order valence-electron chi connectivity index (χ1n) is 6.08. The van der Waals surface area contributed by atoms with E-state index in [1.807, 2.05) is 37.3 Å². The molecule has 0 unspecified atom stereocenters. The van der Waals surface area contributed by atoms with Crippen molar-refractivity contribution in [3.05, 3.63) is 68.2 Å². The number of fused-ring (bicyclic) bond motifs is 1. The molecule has 1 aromatic heterocycles. The number of nitrogens with one attached hydrogen (secondary N) is 1. The smallest absolute Gasteiger partial charge is 0.266 e. The molecule has 0 atom stereocenters. The van der Waals surface area contributed by atoms with E-state index in [1.54, 1.807) is 12.1 Å². The molecule has 0 amide bonds. The molecule has 0 saturated heterocycles. The molecule has 0 aliphatic rings. The molecule has 0 bridgehead atoms. The van der Waals surface area contributed by atoms with Gasteiger partial charge in [0, 0.05) is 0 Å². The summed E-state index contributed by atoms with van der Waals surface area (Å²) in [6.07, 6.45) is 0. The van der Waals surface area contributed by atoms with Crippen molar-refractivity contribution >= 4 is 34.7 Å². The predicted molar refractivity (Wildman–Crippen MR) is 84.5 cm³/mol. The van der Waals surface area contributed by atoms with Gasteiger partial charge in [0.05, 0.1) is 21.6 Å². The molecule has 1 N–H and O–H groups in total. The van der Waals surface area contributed by atoms with Crippen LogP contribution in [0.4, 0.5) is 0 Å². The fourth-order valence-corrected chi connectivity index (χ4v) is 2.79. The minimum Gasteiger partial charge on any atom is -0.331 e. The lowest BCUT2D eigenvalue weighted by Gasteiger charge is -2.10. The van der Waals surface area contributed by atoms with Crippen molar-refractivity contribution in [3.8, 4) is 5.69 Å². The van der Waals surface area contributed by atoms with E-state index in [4.69, 9.17) is 23.8 Å². The van der Waals surface area contributed by atoms with Crippen LogP contribution in [0.15, 0.2) is 47.3 Å². The van der Waals surface area contributed by atoms with Gasteiger partial charge in [0.25, 0.3) is 5.56 Å². The number of aryl methyl sites for hydroxylation is 1. The van der Waals surface area contributed by atoms with Crippen LogP contribution in [0.25, 0.3) is 16.6 Å². The maximum Gasteiger partial charge on any atom is 0.266 e. The number of para-hydroxylation sites is 1. The third-order valence-corrected chi connectivity index (χ3v) is 3.74. The molecule has 20 heavy (non-hydrogen) atoms. The second-order valence-corrected chi connectivity index (χ2v) is 5.37. The summed E-state index contributed by atoms with van der Waals surface area (Å²) in [4.78, 5) is 15.7. The number of benzene rings is 2. The van der Waals surface area contributed by atoms with E-state index in [9.17, 15) is 4.79 Å². The van der Waals surface area contributed by atoms with Gasteiger partial charge in [-0.05, 0) is 49.0 Å². The summed E-state index contributed by atoms with van der Waals surface area (Å²) < 4.78 is 1.76. The van der Waals surface area contributed by atoms with Crippen molar-refractivity contribution in [2.75, 3.05) is 0 Å². The maximum absolute atomic E-state index is 12.6. The van der Waals surface area contributed by atoms with Crippen LogP contribution < -0.4 is 5.56 Å². The number of hydrogen-bond donors (Lipinski definition) is 1. The summed E-state index contributed by atoms with van der Waals surface area (Å²) in [5, 5.41) is 1.08. The zero-order valence-electron chi connectivity index (χ0n) is 10.7. The Morgan fingerprint density at radius 3 is 2.70 bits per heavy atom. The second kappa shape index (κ2) is 4.89. The van der Waals surface area contributed by atoms with Gasteiger partial charge in [-0.2, -0.15) is 0 Å². The molecule has 2 aromatic carbocycles. The van der Waals surface area contributed by atoms with Crippen LogP contribution in [-0.2, 0) is 0 Å². The monoisotopic (exact) mass is 302 g/mol. The quantitative estimate of drug-likeness (QED) is 0.690. The number of H-pyrrole nitrogens is 1. The fraction of sp³-hybridized carbons (Fsp3) is 0.0667. The number of aromatic nitrogens is 2. The maximum atomic E-state index is 12.6. The largest absolute Gasteiger partial charge is 0.331 e. The van der Waals surface area contributed by atoms with Gasteiger partial charge < -0.3 is 4.98 Å². The van der Waals surface area contributed by atoms with Gasteiger partial charge in [-0.3, -0.25) is 9.36 Å². The SMILES string of the molecule is Cc1ccc(-n2c(=S)[nH]c3ccccc3c2=O)c(Cl)c1. The Labute approximate surface area is 125 Å². The average molecular weight is 303 g/mol. The van der Waals surface area contributed by atoms with E-state index in [1.165, 1.54) is 4.57 Å². The van der Waals surface area contributed by atoms with E-state index >= 15 is 0 Å². The first kappa shape index (κ1) is 13.1. The highest BCUT2D eigenvalue weighted by Gasteiger charge is 2.10. The van der Waals surface area contributed by atoms with Gasteiger partial charge in [-0.25, -0.2) is 0 Å². The normalized spacial score (nSPS) is 10.9. The summed E-state index contributed by atoms with van der Waals surface area (Å²) >= 11 is 11.5. The fourth-order valence-electron chi connectivity index (χ4n) is 2.17. The van der Waals surface area contributed by atoms with Crippen molar-refractivity contribution in [1.29, 1.82) is 0 Å². The van der Waals surface area contributed by atoms with Crippen LogP contribution in [-0.4, -0.2) is 9.55 Å². The summed E-state index contributed by atoms with van der Waals surface area (Å²) in [6.45, 7) is 1.94. The number of rotatable bonds is 1. The van der Waals surface area contributed by atoms with Gasteiger partial charge in [0.1, 0.15) is 0 Å². The number of nitrogens with zero attached hydrogens (tertiary/aromatic N) is 1. The number of hydrogen-bond acceptors (Lipinski definition) is 2. The van der Waals surface area contributed by atoms with E-state index in [0.717, 1.165) is 11.1 Å². The van der Waals surface area contributed by atoms with Crippen LogP contribution in [0, 0.1) is 11.7 Å². The molecule has 0 aliphatic heterocycles. The van der Waals surface area contributed by atoms with Gasteiger partial charge in [-0.1, -0.05) is 29.8 Å². The molecule has 3 rings (SSSR count). The summed E-state index contributed by atoms with van der Waals surface area (Å²) in [5.41, 5.74) is 2.17. The molecular weight excluding hydrogens is 292 g/mol. The van der Waals surface area contributed by atoms with Crippen molar-refractivity contribution in [2.24, 2.45) is 0 Å². The van der Waals surface area contributed by atoms with E-state index in [-0.39, 0.29) is 5.56 Å². The molecule has 0 aliphatic carbocycles. The van der Waals surface area contributed by atoms with E-state index in [0.29, 0.717) is 20.9 Å². The zero-order chi connectivity index (χ0) is 14.3. The highest BCUT2D eigenvalue weighted by Crippen LogP contribution is 2.21. The molecular formula is C15H11ClN2OS.